The molecule has 88 valence electrons. The molecule has 0 heterocycles. The van der Waals surface area contributed by atoms with Gasteiger partial charge in [-0.1, -0.05) is 0 Å². The largest absolute Gasteiger partial charge is 0.462 e. The van der Waals surface area contributed by atoms with Crippen molar-refractivity contribution in [2.45, 2.75) is 12.5 Å². The molecule has 7 heteroatoms. The third-order valence-electron chi connectivity index (χ3n) is 1.59. The van der Waals surface area contributed by atoms with E-state index in [4.69, 9.17) is 4.74 Å². The fourth-order valence-corrected chi connectivity index (χ4v) is 1.32. The summed E-state index contributed by atoms with van der Waals surface area (Å²) < 4.78 is 4.76. The van der Waals surface area contributed by atoms with E-state index in [2.05, 4.69) is 9.98 Å². The summed E-state index contributed by atoms with van der Waals surface area (Å²) in [5.41, 5.74) is 0. The Bertz CT molecular complexity index is 309. The van der Waals surface area contributed by atoms with Gasteiger partial charge < -0.3 is 4.74 Å². The minimum absolute atomic E-state index is 0.0157. The van der Waals surface area contributed by atoms with E-state index < -0.39 is 12.0 Å². The minimum Gasteiger partial charge on any atom is -0.462 e. The first-order valence-electron chi connectivity index (χ1n) is 4.52. The number of aliphatic imine (C=N–C) groups is 2. The predicted molar refractivity (Wildman–Crippen MR) is 58.9 cm³/mol. The Morgan fingerprint density at radius 2 is 2.19 bits per heavy atom. The van der Waals surface area contributed by atoms with Gasteiger partial charge in [-0.15, -0.1) is 0 Å². The van der Waals surface area contributed by atoms with Crippen molar-refractivity contribution in [2.75, 3.05) is 25.2 Å². The van der Waals surface area contributed by atoms with Crippen LogP contribution < -0.4 is 0 Å². The van der Waals surface area contributed by atoms with E-state index in [-0.39, 0.29) is 13.2 Å². The molecule has 0 radical (unpaired) electrons. The normalized spacial score (nSPS) is 10.8. The topological polar surface area (TPSA) is 85.2 Å². The van der Waals surface area contributed by atoms with Crippen molar-refractivity contribution >= 4 is 29.9 Å². The molecule has 16 heavy (non-hydrogen) atoms. The highest BCUT2D eigenvalue weighted by Crippen LogP contribution is 2.05. The number of ether oxygens (including phenoxy) is 1. The van der Waals surface area contributed by atoms with E-state index in [1.54, 1.807) is 0 Å². The molecule has 0 spiro atoms. The Morgan fingerprint density at radius 3 is 2.75 bits per heavy atom. The van der Waals surface area contributed by atoms with Crippen LogP contribution >= 0.6 is 11.8 Å². The van der Waals surface area contributed by atoms with Crippen molar-refractivity contribution in [3.63, 3.8) is 0 Å². The molecule has 0 fully saturated rings. The lowest BCUT2D eigenvalue weighted by molar-refractivity contribution is -0.144. The number of hydrogen-bond acceptors (Lipinski definition) is 7. The van der Waals surface area contributed by atoms with Gasteiger partial charge in [-0.25, -0.2) is 19.4 Å². The summed E-state index contributed by atoms with van der Waals surface area (Å²) in [7, 11) is 0. The summed E-state index contributed by atoms with van der Waals surface area (Å²) in [6, 6.07) is -0.815. The van der Waals surface area contributed by atoms with Crippen LogP contribution in [0.5, 0.6) is 0 Å². The minimum atomic E-state index is -0.815. The highest BCUT2D eigenvalue weighted by atomic mass is 32.2. The van der Waals surface area contributed by atoms with Crippen molar-refractivity contribution in [1.29, 1.82) is 0 Å². The first kappa shape index (κ1) is 14.6. The average Bonchev–Trinajstić information content (AvgIpc) is 2.29. The second-order valence-electron chi connectivity index (χ2n) is 2.66. The van der Waals surface area contributed by atoms with Crippen LogP contribution in [0.15, 0.2) is 9.98 Å². The zero-order valence-corrected chi connectivity index (χ0v) is 9.66. The molecular formula is C9H12N2O4S. The number of carbonyl (C=O) groups excluding carboxylic acids is 3. The second-order valence-corrected chi connectivity index (χ2v) is 3.64. The molecule has 0 amide bonds. The molecule has 0 aliphatic carbocycles. The van der Waals surface area contributed by atoms with Crippen molar-refractivity contribution in [3.8, 4) is 0 Å². The molecule has 0 aliphatic rings. The fourth-order valence-electron chi connectivity index (χ4n) is 0.862. The molecule has 0 saturated carbocycles. The lowest BCUT2D eigenvalue weighted by atomic mass is 10.2. The van der Waals surface area contributed by atoms with Gasteiger partial charge in [-0.05, 0) is 18.4 Å². The highest BCUT2D eigenvalue weighted by Gasteiger charge is 2.18. The van der Waals surface area contributed by atoms with Crippen LogP contribution in [-0.2, 0) is 19.1 Å². The van der Waals surface area contributed by atoms with Gasteiger partial charge in [0.15, 0.2) is 6.04 Å². The van der Waals surface area contributed by atoms with Crippen LogP contribution in [0.3, 0.4) is 0 Å². The zero-order chi connectivity index (χ0) is 12.2. The quantitative estimate of drug-likeness (QED) is 0.266. The zero-order valence-electron chi connectivity index (χ0n) is 8.84. The Hall–Kier alpha value is -1.42. The molecule has 0 rings (SSSR count). The molecule has 6 nitrogen and oxygen atoms in total. The molecule has 1 unspecified atom stereocenters. The average molecular weight is 244 g/mol. The molecule has 1 atom stereocenters. The Labute approximate surface area is 97.2 Å². The molecular weight excluding hydrogens is 232 g/mol. The van der Waals surface area contributed by atoms with E-state index in [0.717, 1.165) is 0 Å². The summed E-state index contributed by atoms with van der Waals surface area (Å²) in [6.45, 7) is 0.0491. The van der Waals surface area contributed by atoms with Crippen LogP contribution in [-0.4, -0.2) is 49.3 Å². The summed E-state index contributed by atoms with van der Waals surface area (Å²) >= 11 is 1.54. The molecule has 0 aromatic heterocycles. The number of thioether (sulfide) groups is 1. The smallest absolute Gasteiger partial charge is 0.331 e. The van der Waals surface area contributed by atoms with Crippen LogP contribution in [0.4, 0.5) is 0 Å². The number of esters is 1. The van der Waals surface area contributed by atoms with E-state index in [1.165, 1.54) is 23.9 Å². The lowest BCUT2D eigenvalue weighted by Crippen LogP contribution is -2.23. The van der Waals surface area contributed by atoms with Crippen LogP contribution in [0.1, 0.15) is 6.42 Å². The van der Waals surface area contributed by atoms with Gasteiger partial charge in [-0.3, -0.25) is 0 Å². The maximum absolute atomic E-state index is 11.4. The van der Waals surface area contributed by atoms with E-state index >= 15 is 0 Å². The van der Waals surface area contributed by atoms with Gasteiger partial charge in [0.1, 0.15) is 6.61 Å². The monoisotopic (exact) mass is 244 g/mol. The van der Waals surface area contributed by atoms with Gasteiger partial charge in [0.2, 0.25) is 12.2 Å². The molecule has 0 aromatic rings. The maximum atomic E-state index is 11.4. The molecule has 0 saturated heterocycles. The van der Waals surface area contributed by atoms with Crippen molar-refractivity contribution in [1.82, 2.24) is 0 Å². The first-order valence-corrected chi connectivity index (χ1v) is 5.91. The van der Waals surface area contributed by atoms with Gasteiger partial charge in [0.05, 0.1) is 6.54 Å². The van der Waals surface area contributed by atoms with Crippen molar-refractivity contribution in [3.05, 3.63) is 0 Å². The van der Waals surface area contributed by atoms with Crippen molar-refractivity contribution in [2.24, 2.45) is 9.98 Å². The predicted octanol–water partition coefficient (Wildman–Crippen LogP) is 0.323. The van der Waals surface area contributed by atoms with Crippen LogP contribution in [0.2, 0.25) is 0 Å². The van der Waals surface area contributed by atoms with E-state index in [1.807, 2.05) is 6.26 Å². The first-order chi connectivity index (χ1) is 7.76. The van der Waals surface area contributed by atoms with Gasteiger partial charge in [0, 0.05) is 0 Å². The third-order valence-corrected chi connectivity index (χ3v) is 2.23. The molecule has 0 aromatic carbocycles. The third kappa shape index (κ3) is 6.95. The van der Waals surface area contributed by atoms with Crippen LogP contribution in [0, 0.1) is 0 Å². The number of isocyanates is 2. The molecule has 0 bridgehead atoms. The standard InChI is InChI=1S/C9H12N2O4S/c1-16-5-2-8(11-7-13)9(14)15-4-3-10-6-12/h8H,2-5H2,1H3. The fraction of sp³-hybridized carbons (Fsp3) is 0.667. The molecule has 0 aliphatic heterocycles. The summed E-state index contributed by atoms with van der Waals surface area (Å²) in [6.07, 6.45) is 4.97. The lowest BCUT2D eigenvalue weighted by Gasteiger charge is -2.08. The SMILES string of the molecule is CSCCC(N=C=O)C(=O)OCCN=C=O. The Kier molecular flexibility index (Phi) is 9.21. The number of carbonyl (C=O) groups is 1. The molecule has 0 N–H and O–H groups in total. The summed E-state index contributed by atoms with van der Waals surface area (Å²) in [5.74, 6) is 0.0933. The van der Waals surface area contributed by atoms with Gasteiger partial charge >= 0.3 is 5.97 Å². The second kappa shape index (κ2) is 10.1. The van der Waals surface area contributed by atoms with Crippen molar-refractivity contribution < 1.29 is 19.1 Å². The Balaban J connectivity index is 4.05. The van der Waals surface area contributed by atoms with E-state index in [9.17, 15) is 14.4 Å². The summed E-state index contributed by atoms with van der Waals surface area (Å²) in [5, 5.41) is 0. The van der Waals surface area contributed by atoms with Gasteiger partial charge in [-0.2, -0.15) is 16.8 Å². The van der Waals surface area contributed by atoms with E-state index in [0.29, 0.717) is 12.2 Å². The number of hydrogen-bond donors (Lipinski definition) is 0. The number of rotatable bonds is 8. The number of nitrogens with zero attached hydrogens (tertiary/aromatic N) is 2. The highest BCUT2D eigenvalue weighted by molar-refractivity contribution is 7.98. The van der Waals surface area contributed by atoms with Crippen LogP contribution in [0.25, 0.3) is 0 Å². The van der Waals surface area contributed by atoms with Gasteiger partial charge in [0.25, 0.3) is 0 Å². The summed E-state index contributed by atoms with van der Waals surface area (Å²) in [4.78, 5) is 37.7. The maximum Gasteiger partial charge on any atom is 0.331 e. The Morgan fingerprint density at radius 1 is 1.44 bits per heavy atom.